The van der Waals surface area contributed by atoms with E-state index in [1.807, 2.05) is 46.9 Å². The first-order valence-corrected chi connectivity index (χ1v) is 67.5. The van der Waals surface area contributed by atoms with Gasteiger partial charge in [0.15, 0.2) is 72.3 Å². The summed E-state index contributed by atoms with van der Waals surface area (Å²) < 4.78 is 202. The minimum Gasteiger partial charge on any atom is -0.530 e. The van der Waals surface area contributed by atoms with Gasteiger partial charge in [0.05, 0.1) is 64.7 Å². The third kappa shape index (κ3) is 41.3. The summed E-state index contributed by atoms with van der Waals surface area (Å²) in [6.07, 6.45) is 6.25. The largest absolute Gasteiger partial charge is 1.00 e. The van der Waals surface area contributed by atoms with Crippen molar-refractivity contribution in [1.82, 2.24) is 47.8 Å². The van der Waals surface area contributed by atoms with Crippen LogP contribution in [-0.2, 0) is 93.5 Å². The van der Waals surface area contributed by atoms with E-state index in [2.05, 4.69) is 131 Å². The summed E-state index contributed by atoms with van der Waals surface area (Å²) in [5, 5.41) is 62.4. The Morgan fingerprint density at radius 2 is 0.797 bits per heavy atom. The molecule has 0 bridgehead atoms. The third-order valence-corrected chi connectivity index (χ3v) is 46.2. The number of halogens is 1. The van der Waals surface area contributed by atoms with Gasteiger partial charge in [0, 0.05) is 31.6 Å². The van der Waals surface area contributed by atoms with Gasteiger partial charge in [-0.25, -0.2) is 35.0 Å². The maximum absolute atomic E-state index is 12.7. The first-order chi connectivity index (χ1) is 67.3. The molecule has 0 saturated carbocycles. The van der Waals surface area contributed by atoms with Crippen LogP contribution in [0.25, 0.3) is 0 Å². The summed E-state index contributed by atoms with van der Waals surface area (Å²) in [4.78, 5) is 89.4. The molecule has 5 aromatic heterocycles. The number of carbonyl (C=O) groups is 6. The molecule has 0 aromatic carbocycles. The molecule has 5 aliphatic heterocycles. The van der Waals surface area contributed by atoms with E-state index in [-0.39, 0.29) is 174 Å². The maximum Gasteiger partial charge on any atom is 1.00 e. The van der Waals surface area contributed by atoms with E-state index in [0.717, 1.165) is 0 Å². The Hall–Kier alpha value is -6.53. The molecule has 842 valence electrons. The number of aliphatic hydroxyl groups is 4. The summed E-state index contributed by atoms with van der Waals surface area (Å²) in [6, 6.07) is 0. The van der Waals surface area contributed by atoms with Gasteiger partial charge >= 0.3 is 68.7 Å². The Kier molecular flexibility index (Phi) is 54.2. The predicted octanol–water partition coefficient (Wildman–Crippen LogP) is 0.464. The second-order valence-corrected chi connectivity index (χ2v) is 66.8. The number of rotatable bonds is 40. The third-order valence-electron chi connectivity index (χ3n) is 23.5. The minimum atomic E-state index is -5.94. The number of carboxylic acids is 1. The molecule has 3 fully saturated rings. The molecular weight excluding hydrogens is 2240 g/mol. The standard InChI is InChI=1S/C20H38N3O7PSi.C19H34N3O7PSi.C15H25N3O6Si.C14H23N3O3Si.C9H13N3O5.C5H13O4P.IO4.Na.H2O5S/c1-9-27-31(25,28-10-2)13-26-19-14(3)11-15(29-19)23-12-22-16(17(21)24)18(23)30-32(7,8)20(4,5)6;1-8-26-30(24,27-9-2)13-25-15-11-10-14(28-15)22-12-21-16(17(20)23)18(22)29-31(6,7)19(3,4)5;1-15(2,3)25(4,5)24-13-10(12(16)20)17-7-18(13)9-6-8(19)11(23-9)14(21)22;1-14(2,3)21(4,5)20-13-11(12(15)18)16-9-17(13)10-7-6-8-19-10;10-8(15)7-9(16)12(3-11-7)6-1-4(14)5(2-13)17-6;1-3-8-10(7,5-6)9-4-2;2-1(3,4)5;;1-5-6(2,3)4/h12,14-15,19H,9-11,13H2,1-8H3,(H2,21,24);10-12,14-15H,8-9,13H2,1-7H3,(H2,20,23);7-9,11,19H,6H2,1-5H3,(H2,16,20)(H,21,22);6,8-10H,7H2,1-5H3,(H2,15,18);3-6,13-14,16H,1-2H2,(H2,10,15);6H,3-5H2,1-2H3;;;1H,(H,2,3,4)/q;;;;;;-1;+1;/t14-,15+,19-;14-,15+;8-,9+,11-;10-;4-,5+,6+;;;;/m01010..../s1. The van der Waals surface area contributed by atoms with Gasteiger partial charge in [0.2, 0.25) is 29.4 Å². The number of nitrogens with two attached hydrogens (primary N) is 5. The van der Waals surface area contributed by atoms with Gasteiger partial charge in [-0.05, 0) is 132 Å². The number of hydrogen-bond acceptors (Lipinski definition) is 44. The Balaban J connectivity index is 0.000000600. The van der Waals surface area contributed by atoms with Gasteiger partial charge in [-0.1, -0.05) is 94.3 Å². The molecule has 56 nitrogen and oxygen atoms in total. The van der Waals surface area contributed by atoms with Gasteiger partial charge < -0.3 is 137 Å². The molecule has 148 heavy (non-hydrogen) atoms. The van der Waals surface area contributed by atoms with Gasteiger partial charge in [-0.2, -0.15) is 8.42 Å². The molecular formula is C82H148IN15NaO41P3SSi4. The summed E-state index contributed by atoms with van der Waals surface area (Å²) in [6.45, 7) is 55.2. The van der Waals surface area contributed by atoms with Crippen LogP contribution in [0.2, 0.25) is 72.5 Å². The maximum atomic E-state index is 12.7. The van der Waals surface area contributed by atoms with Crippen LogP contribution in [0.3, 0.4) is 0 Å². The zero-order chi connectivity index (χ0) is 113. The molecule has 3 saturated heterocycles. The summed E-state index contributed by atoms with van der Waals surface area (Å²) in [7, 11) is -23.5. The van der Waals surface area contributed by atoms with E-state index in [9.17, 15) is 57.8 Å². The quantitative estimate of drug-likeness (QED) is 0.00482. The molecule has 0 aliphatic carbocycles. The van der Waals surface area contributed by atoms with Crippen molar-refractivity contribution in [3.63, 3.8) is 0 Å². The number of amides is 5. The molecule has 0 unspecified atom stereocenters. The van der Waals surface area contributed by atoms with Crippen LogP contribution in [0.15, 0.2) is 56.1 Å². The Labute approximate surface area is 892 Å². The van der Waals surface area contributed by atoms with E-state index in [4.69, 9.17) is 154 Å². The van der Waals surface area contributed by atoms with Crippen LogP contribution < -0.4 is 110 Å². The monoisotopic (exact) mass is 2390 g/mol. The summed E-state index contributed by atoms with van der Waals surface area (Å²) in [5.41, 5.74) is 26.9. The van der Waals surface area contributed by atoms with Gasteiger partial charge in [-0.15, -0.1) is 0 Å². The Morgan fingerprint density at radius 3 is 1.09 bits per heavy atom. The number of imidazole rings is 5. The smallest absolute Gasteiger partial charge is 0.530 e. The van der Waals surface area contributed by atoms with Crippen molar-refractivity contribution in [3.8, 4) is 29.4 Å². The van der Waals surface area contributed by atoms with Crippen molar-refractivity contribution in [2.24, 2.45) is 34.6 Å². The van der Waals surface area contributed by atoms with Crippen molar-refractivity contribution in [2.75, 3.05) is 65.3 Å². The number of hydrogen-bond donors (Lipinski definition) is 13. The van der Waals surface area contributed by atoms with Crippen LogP contribution in [0.1, 0.15) is 241 Å². The molecule has 5 aromatic rings. The Morgan fingerprint density at radius 1 is 0.486 bits per heavy atom. The van der Waals surface area contributed by atoms with Crippen LogP contribution >= 0.6 is 22.8 Å². The normalized spacial score (nSPS) is 20.7. The number of carbonyl (C=O) groups excluding carboxylic acids is 5. The van der Waals surface area contributed by atoms with Crippen molar-refractivity contribution in [2.45, 2.75) is 298 Å². The number of aliphatic carboxylic acids is 1. The number of nitrogens with zero attached hydrogens (tertiary/aromatic N) is 10. The summed E-state index contributed by atoms with van der Waals surface area (Å²) in [5.74, 6) is -4.05. The van der Waals surface area contributed by atoms with Crippen molar-refractivity contribution >= 4 is 102 Å². The second kappa shape index (κ2) is 58.3. The predicted molar refractivity (Wildman–Crippen MR) is 522 cm³/mol. The van der Waals surface area contributed by atoms with Crippen molar-refractivity contribution in [3.05, 3.63) is 84.6 Å². The molecule has 0 spiro atoms. The van der Waals surface area contributed by atoms with Crippen LogP contribution in [0.5, 0.6) is 29.4 Å². The zero-order valence-corrected chi connectivity index (χ0v) is 100. The van der Waals surface area contributed by atoms with E-state index < -0.39 is 196 Å². The first kappa shape index (κ1) is 138. The van der Waals surface area contributed by atoms with E-state index >= 15 is 0 Å². The molecule has 10 heterocycles. The van der Waals surface area contributed by atoms with E-state index in [1.54, 1.807) is 80.0 Å². The van der Waals surface area contributed by atoms with Crippen LogP contribution in [0, 0.1) is 5.92 Å². The second-order valence-electron chi connectivity index (χ2n) is 38.7. The SMILES string of the molecule is CC(C)(C)[Si](C)(C)Oc1c(C(N)=O)ncn1[C@H]1CC=CO1.CC(C)(C)[Si](C)(C)Oc1c(C(N)=O)ncn1[C@H]1C[C@H](O)[C@@H](C(=O)O)O1.CCOP(=O)(CO)OCC.CCOP(=O)(CO[C@@H]1C=C[C@H](n2cnc(C(N)=O)c2O[Si](C)(C)C(C)(C)C)O1)OCC.CCOP(=O)(CO[C@H]1O[C@@H](n2cnc(C(N)=O)c2O[Si](C)(C)C(C)(C)C)C[C@@H]1C)OCC.NC(=O)c1ncn([C@H]2C[C@H](O)[C@@H](CO)O2)c1O.O=S(=O)(O)OO.[Na+].[O-][I+3]([O-])([O-])[O-]. The molecule has 5 amide bonds. The minimum absolute atomic E-state index is 0. The average molecular weight is 2390 g/mol. The van der Waals surface area contributed by atoms with Gasteiger partial charge in [0.1, 0.15) is 82.9 Å². The summed E-state index contributed by atoms with van der Waals surface area (Å²) >= 11 is -5.94. The number of carboxylic acid groups (broad SMARTS) is 1. The van der Waals surface area contributed by atoms with E-state index in [1.165, 1.54) is 34.4 Å². The Bertz CT molecular complexity index is 5390. The fraction of sp³-hybridized carbons (Fsp3) is 0.695. The number of aromatic hydroxyl groups is 1. The fourth-order valence-corrected chi connectivity index (χ4v) is 19.6. The number of aliphatic hydroxyl groups excluding tert-OH is 4. The molecule has 5 aliphatic rings. The first-order valence-electron chi connectivity index (χ1n) is 45.8. The van der Waals surface area contributed by atoms with Gasteiger partial charge in [-0.3, -0.25) is 78.8 Å². The number of primary amides is 5. The van der Waals surface area contributed by atoms with Crippen molar-refractivity contribution in [1.29, 1.82) is 0 Å². The molecule has 18 N–H and O–H groups in total. The van der Waals surface area contributed by atoms with Gasteiger partial charge in [0.25, 0.3) is 62.8 Å². The van der Waals surface area contributed by atoms with Crippen LogP contribution in [-0.4, -0.2) is 268 Å². The average Bonchev–Trinajstić information content (AvgIpc) is 1.63. The number of aromatic nitrogens is 10. The molecule has 66 heteroatoms. The van der Waals surface area contributed by atoms with Crippen molar-refractivity contribution < 1.29 is 237 Å². The fourth-order valence-electron chi connectivity index (χ4n) is 11.9. The van der Waals surface area contributed by atoms with Crippen LogP contribution in [0.4, 0.5) is 0 Å². The van der Waals surface area contributed by atoms with E-state index in [0.29, 0.717) is 24.6 Å². The zero-order valence-electron chi connectivity index (χ0n) is 88.6. The number of ether oxygens (including phenoxy) is 7. The topological polar surface area (TPSA) is 827 Å². The molecule has 12 atom stereocenters. The molecule has 10 rings (SSSR count). The molecule has 0 radical (unpaired) electrons.